The molecule has 1 aliphatic heterocycles. The minimum absolute atomic E-state index is 0.650. The lowest BCUT2D eigenvalue weighted by molar-refractivity contribution is 0.112. The van der Waals surface area contributed by atoms with Gasteiger partial charge in [-0.2, -0.15) is 0 Å². The molecule has 0 N–H and O–H groups in total. The lowest BCUT2D eigenvalue weighted by Crippen LogP contribution is -2.46. The Hall–Kier alpha value is -1.88. The Bertz CT molecular complexity index is 715. The molecule has 0 spiro atoms. The van der Waals surface area contributed by atoms with E-state index in [4.69, 9.17) is 16.3 Å². The summed E-state index contributed by atoms with van der Waals surface area (Å²) in [6.45, 7) is 6.90. The molecule has 138 valence electrons. The third kappa shape index (κ3) is 5.56. The molecule has 1 fully saturated rings. The summed E-state index contributed by atoms with van der Waals surface area (Å²) in [6, 6.07) is 15.4. The summed E-state index contributed by atoms with van der Waals surface area (Å²) in [5.74, 6) is 0.763. The van der Waals surface area contributed by atoms with E-state index >= 15 is 0 Å². The number of aldehydes is 1. The van der Waals surface area contributed by atoms with Crippen molar-refractivity contribution in [1.29, 1.82) is 0 Å². The molecule has 4 nitrogen and oxygen atoms in total. The van der Waals surface area contributed by atoms with Crippen LogP contribution in [-0.4, -0.2) is 55.4 Å². The topological polar surface area (TPSA) is 32.8 Å². The summed E-state index contributed by atoms with van der Waals surface area (Å²) in [5.41, 5.74) is 1.85. The Balaban J connectivity index is 1.34. The van der Waals surface area contributed by atoms with Crippen molar-refractivity contribution >= 4 is 17.9 Å². The Kier molecular flexibility index (Phi) is 7.06. The summed E-state index contributed by atoms with van der Waals surface area (Å²) in [6.07, 6.45) is 1.82. The maximum atomic E-state index is 10.8. The van der Waals surface area contributed by atoms with Crippen LogP contribution in [0.25, 0.3) is 0 Å². The van der Waals surface area contributed by atoms with Gasteiger partial charge < -0.3 is 9.64 Å². The first kappa shape index (κ1) is 18.9. The normalized spacial score (nSPS) is 15.7. The highest BCUT2D eigenvalue weighted by atomic mass is 35.5. The minimum Gasteiger partial charge on any atom is -0.494 e. The monoisotopic (exact) mass is 372 g/mol. The second kappa shape index (κ2) is 9.72. The zero-order valence-electron chi connectivity index (χ0n) is 14.9. The molecule has 2 aromatic rings. The number of carbonyl (C=O) groups is 1. The number of benzene rings is 2. The highest BCUT2D eigenvalue weighted by Gasteiger charge is 2.17. The maximum Gasteiger partial charge on any atom is 0.150 e. The lowest BCUT2D eigenvalue weighted by atomic mass is 10.2. The summed E-state index contributed by atoms with van der Waals surface area (Å²) >= 11 is 6.26. The van der Waals surface area contributed by atoms with Crippen LogP contribution >= 0.6 is 11.6 Å². The first-order chi connectivity index (χ1) is 12.7. The average molecular weight is 373 g/mol. The number of hydrogen-bond acceptors (Lipinski definition) is 4. The number of carbonyl (C=O) groups excluding carboxylic acids is 1. The lowest BCUT2D eigenvalue weighted by Gasteiger charge is -2.34. The first-order valence-electron chi connectivity index (χ1n) is 9.11. The Labute approximate surface area is 160 Å². The van der Waals surface area contributed by atoms with Crippen LogP contribution in [0.1, 0.15) is 22.3 Å². The van der Waals surface area contributed by atoms with Gasteiger partial charge in [0.05, 0.1) is 6.61 Å². The Morgan fingerprint density at radius 3 is 2.54 bits per heavy atom. The van der Waals surface area contributed by atoms with E-state index in [0.717, 1.165) is 62.7 Å². The van der Waals surface area contributed by atoms with Crippen molar-refractivity contribution in [2.45, 2.75) is 13.0 Å². The van der Waals surface area contributed by atoms with E-state index in [2.05, 4.69) is 15.9 Å². The van der Waals surface area contributed by atoms with Crippen molar-refractivity contribution in [3.8, 4) is 5.75 Å². The fourth-order valence-electron chi connectivity index (χ4n) is 3.19. The molecule has 0 unspecified atom stereocenters. The third-order valence-electron chi connectivity index (χ3n) is 4.70. The van der Waals surface area contributed by atoms with E-state index in [1.807, 2.05) is 30.3 Å². The summed E-state index contributed by atoms with van der Waals surface area (Å²) < 4.78 is 5.74. The van der Waals surface area contributed by atoms with Crippen molar-refractivity contribution in [2.75, 3.05) is 39.3 Å². The number of hydrogen-bond donors (Lipinski definition) is 0. The number of nitrogens with zero attached hydrogens (tertiary/aromatic N) is 2. The van der Waals surface area contributed by atoms with Gasteiger partial charge in [0.1, 0.15) is 12.0 Å². The molecular weight excluding hydrogens is 348 g/mol. The van der Waals surface area contributed by atoms with Gasteiger partial charge in [0.15, 0.2) is 0 Å². The zero-order valence-corrected chi connectivity index (χ0v) is 15.7. The molecule has 3 rings (SSSR count). The van der Waals surface area contributed by atoms with E-state index in [1.165, 1.54) is 5.56 Å². The molecule has 26 heavy (non-hydrogen) atoms. The largest absolute Gasteiger partial charge is 0.494 e. The second-order valence-corrected chi connectivity index (χ2v) is 7.01. The van der Waals surface area contributed by atoms with Crippen LogP contribution in [0.15, 0.2) is 48.5 Å². The molecule has 0 radical (unpaired) electrons. The number of ether oxygens (including phenoxy) is 1. The van der Waals surface area contributed by atoms with E-state index in [1.54, 1.807) is 12.1 Å². The molecule has 1 aliphatic rings. The molecule has 0 aliphatic carbocycles. The molecule has 1 saturated heterocycles. The van der Waals surface area contributed by atoms with E-state index in [9.17, 15) is 4.79 Å². The zero-order chi connectivity index (χ0) is 18.2. The molecule has 0 aromatic heterocycles. The van der Waals surface area contributed by atoms with Crippen molar-refractivity contribution in [3.63, 3.8) is 0 Å². The Morgan fingerprint density at radius 1 is 1.00 bits per heavy atom. The average Bonchev–Trinajstić information content (AvgIpc) is 2.68. The predicted molar refractivity (Wildman–Crippen MR) is 105 cm³/mol. The first-order valence-corrected chi connectivity index (χ1v) is 9.48. The highest BCUT2D eigenvalue weighted by molar-refractivity contribution is 6.31. The molecule has 5 heteroatoms. The molecule has 0 atom stereocenters. The van der Waals surface area contributed by atoms with Crippen LogP contribution in [-0.2, 0) is 6.54 Å². The fraction of sp³-hybridized carbons (Fsp3) is 0.381. The minimum atomic E-state index is 0.650. The quantitative estimate of drug-likeness (QED) is 0.522. The molecule has 0 amide bonds. The van der Waals surface area contributed by atoms with Crippen LogP contribution < -0.4 is 4.74 Å². The van der Waals surface area contributed by atoms with Crippen molar-refractivity contribution in [1.82, 2.24) is 9.80 Å². The van der Waals surface area contributed by atoms with Gasteiger partial charge >= 0.3 is 0 Å². The molecule has 2 aromatic carbocycles. The summed E-state index contributed by atoms with van der Waals surface area (Å²) in [7, 11) is 0. The van der Waals surface area contributed by atoms with Gasteiger partial charge in [-0.25, -0.2) is 0 Å². The van der Waals surface area contributed by atoms with Gasteiger partial charge in [-0.1, -0.05) is 41.9 Å². The van der Waals surface area contributed by atoms with Gasteiger partial charge in [-0.05, 0) is 30.2 Å². The highest BCUT2D eigenvalue weighted by Crippen LogP contribution is 2.18. The van der Waals surface area contributed by atoms with Gasteiger partial charge in [0, 0.05) is 49.9 Å². The standard InChI is InChI=1S/C21H25ClN2O2/c22-21-8-2-1-6-19(21)16-24-12-10-23(11-13-24)9-4-14-26-20-7-3-5-18(15-20)17-25/h1-3,5-8,15,17H,4,9-14,16H2. The number of rotatable bonds is 8. The smallest absolute Gasteiger partial charge is 0.150 e. The van der Waals surface area contributed by atoms with Crippen LogP contribution in [0.5, 0.6) is 5.75 Å². The van der Waals surface area contributed by atoms with Gasteiger partial charge in [0.25, 0.3) is 0 Å². The van der Waals surface area contributed by atoms with E-state index in [-0.39, 0.29) is 0 Å². The maximum absolute atomic E-state index is 10.8. The molecule has 0 bridgehead atoms. The van der Waals surface area contributed by atoms with Crippen LogP contribution in [0.3, 0.4) is 0 Å². The van der Waals surface area contributed by atoms with Gasteiger partial charge in [-0.3, -0.25) is 9.69 Å². The molecule has 0 saturated carbocycles. The van der Waals surface area contributed by atoms with Gasteiger partial charge in [0.2, 0.25) is 0 Å². The van der Waals surface area contributed by atoms with Crippen LogP contribution in [0, 0.1) is 0 Å². The fourth-order valence-corrected chi connectivity index (χ4v) is 3.39. The third-order valence-corrected chi connectivity index (χ3v) is 5.07. The number of halogens is 1. The van der Waals surface area contributed by atoms with Crippen molar-refractivity contribution in [2.24, 2.45) is 0 Å². The van der Waals surface area contributed by atoms with E-state index in [0.29, 0.717) is 12.2 Å². The van der Waals surface area contributed by atoms with E-state index < -0.39 is 0 Å². The SMILES string of the molecule is O=Cc1cccc(OCCCN2CCN(Cc3ccccc3Cl)CC2)c1. The van der Waals surface area contributed by atoms with Crippen LogP contribution in [0.4, 0.5) is 0 Å². The van der Waals surface area contributed by atoms with Crippen molar-refractivity contribution in [3.05, 3.63) is 64.7 Å². The van der Waals surface area contributed by atoms with Crippen molar-refractivity contribution < 1.29 is 9.53 Å². The second-order valence-electron chi connectivity index (χ2n) is 6.60. The predicted octanol–water partition coefficient (Wildman–Crippen LogP) is 3.74. The Morgan fingerprint density at radius 2 is 1.77 bits per heavy atom. The number of piperazine rings is 1. The summed E-state index contributed by atoms with van der Waals surface area (Å²) in [5, 5.41) is 0.853. The molecular formula is C21H25ClN2O2. The van der Waals surface area contributed by atoms with Gasteiger partial charge in [-0.15, -0.1) is 0 Å². The summed E-state index contributed by atoms with van der Waals surface area (Å²) in [4.78, 5) is 15.7. The van der Waals surface area contributed by atoms with Crippen LogP contribution in [0.2, 0.25) is 5.02 Å². The molecule has 1 heterocycles.